The zero-order valence-corrected chi connectivity index (χ0v) is 11.3. The van der Waals surface area contributed by atoms with Gasteiger partial charge in [0, 0.05) is 19.2 Å². The first kappa shape index (κ1) is 15.2. The van der Waals surface area contributed by atoms with E-state index in [9.17, 15) is 9.59 Å². The van der Waals surface area contributed by atoms with Crippen LogP contribution in [-0.2, 0) is 25.7 Å². The number of ether oxygens (including phenoxy) is 2. The molecule has 0 bridgehead atoms. The number of methoxy groups -OCH3 is 1. The van der Waals surface area contributed by atoms with Crippen molar-refractivity contribution >= 4 is 17.6 Å². The fourth-order valence-electron chi connectivity index (χ4n) is 1.52. The predicted octanol–water partition coefficient (Wildman–Crippen LogP) is 2.11. The van der Waals surface area contributed by atoms with E-state index < -0.39 is 0 Å². The van der Waals surface area contributed by atoms with E-state index in [4.69, 9.17) is 9.47 Å². The van der Waals surface area contributed by atoms with Gasteiger partial charge in [0.05, 0.1) is 19.6 Å². The lowest BCUT2D eigenvalue weighted by molar-refractivity contribution is -0.144. The molecule has 5 nitrogen and oxygen atoms in total. The molecular formula is C14H19NO4. The van der Waals surface area contributed by atoms with Crippen LogP contribution in [0.4, 0.5) is 5.69 Å². The molecule has 104 valence electrons. The number of benzene rings is 1. The molecule has 1 aromatic carbocycles. The van der Waals surface area contributed by atoms with Crippen LogP contribution in [0.25, 0.3) is 0 Å². The molecule has 0 saturated heterocycles. The van der Waals surface area contributed by atoms with Gasteiger partial charge >= 0.3 is 5.97 Å². The van der Waals surface area contributed by atoms with E-state index in [-0.39, 0.29) is 24.7 Å². The Morgan fingerprint density at radius 2 is 1.84 bits per heavy atom. The normalized spacial score (nSPS) is 10.0. The van der Waals surface area contributed by atoms with E-state index in [1.807, 2.05) is 12.1 Å². The third-order valence-corrected chi connectivity index (χ3v) is 2.41. The molecule has 0 saturated carbocycles. The zero-order chi connectivity index (χ0) is 14.1. The van der Waals surface area contributed by atoms with Crippen molar-refractivity contribution in [1.82, 2.24) is 0 Å². The number of esters is 1. The number of anilines is 1. The van der Waals surface area contributed by atoms with E-state index in [2.05, 4.69) is 5.32 Å². The SMILES string of the molecule is CCOC(=O)CCC(=O)Nc1ccc(COC)cc1. The summed E-state index contributed by atoms with van der Waals surface area (Å²) in [4.78, 5) is 22.7. The van der Waals surface area contributed by atoms with E-state index in [0.29, 0.717) is 18.9 Å². The average Bonchev–Trinajstić information content (AvgIpc) is 2.39. The molecule has 0 radical (unpaired) electrons. The standard InChI is InChI=1S/C14H19NO4/c1-3-19-14(17)9-8-13(16)15-12-6-4-11(5-7-12)10-18-2/h4-7H,3,8-10H2,1-2H3,(H,15,16). The molecule has 0 aliphatic rings. The summed E-state index contributed by atoms with van der Waals surface area (Å²) < 4.78 is 9.75. The molecule has 1 rings (SSSR count). The molecule has 19 heavy (non-hydrogen) atoms. The lowest BCUT2D eigenvalue weighted by atomic mass is 10.2. The molecule has 0 spiro atoms. The average molecular weight is 265 g/mol. The van der Waals surface area contributed by atoms with Gasteiger partial charge in [-0.3, -0.25) is 9.59 Å². The molecule has 0 aliphatic heterocycles. The number of carbonyl (C=O) groups is 2. The van der Waals surface area contributed by atoms with Gasteiger partial charge in [0.25, 0.3) is 0 Å². The number of nitrogens with one attached hydrogen (secondary N) is 1. The summed E-state index contributed by atoms with van der Waals surface area (Å²) in [6, 6.07) is 7.36. The van der Waals surface area contributed by atoms with Crippen LogP contribution in [0, 0.1) is 0 Å². The Bertz CT molecular complexity index is 414. The van der Waals surface area contributed by atoms with Crippen molar-refractivity contribution in [3.05, 3.63) is 29.8 Å². The lowest BCUT2D eigenvalue weighted by Crippen LogP contribution is -2.14. The van der Waals surface area contributed by atoms with Crippen molar-refractivity contribution in [3.8, 4) is 0 Å². The van der Waals surface area contributed by atoms with Gasteiger partial charge in [-0.2, -0.15) is 0 Å². The van der Waals surface area contributed by atoms with Crippen LogP contribution in [0.3, 0.4) is 0 Å². The molecule has 0 aromatic heterocycles. The molecule has 0 unspecified atom stereocenters. The Morgan fingerprint density at radius 1 is 1.16 bits per heavy atom. The molecule has 0 aliphatic carbocycles. The minimum atomic E-state index is -0.354. The van der Waals surface area contributed by atoms with Crippen LogP contribution in [0.2, 0.25) is 0 Å². The highest BCUT2D eigenvalue weighted by molar-refractivity contribution is 5.92. The summed E-state index contributed by atoms with van der Waals surface area (Å²) in [6.45, 7) is 2.61. The second-order valence-corrected chi connectivity index (χ2v) is 3.98. The molecule has 0 atom stereocenters. The van der Waals surface area contributed by atoms with E-state index in [1.54, 1.807) is 26.2 Å². The van der Waals surface area contributed by atoms with Gasteiger partial charge in [-0.15, -0.1) is 0 Å². The predicted molar refractivity (Wildman–Crippen MR) is 71.7 cm³/mol. The van der Waals surface area contributed by atoms with Crippen LogP contribution in [0.5, 0.6) is 0 Å². The minimum absolute atomic E-state index is 0.0986. The zero-order valence-electron chi connectivity index (χ0n) is 11.3. The Hall–Kier alpha value is -1.88. The van der Waals surface area contributed by atoms with E-state index in [1.165, 1.54) is 0 Å². The maximum absolute atomic E-state index is 11.6. The Kier molecular flexibility index (Phi) is 6.60. The number of hydrogen-bond donors (Lipinski definition) is 1. The van der Waals surface area contributed by atoms with Crippen molar-refractivity contribution in [3.63, 3.8) is 0 Å². The summed E-state index contributed by atoms with van der Waals surface area (Å²) in [5, 5.41) is 2.72. The Morgan fingerprint density at radius 3 is 2.42 bits per heavy atom. The highest BCUT2D eigenvalue weighted by Gasteiger charge is 2.07. The second-order valence-electron chi connectivity index (χ2n) is 3.98. The first-order chi connectivity index (χ1) is 9.15. The van der Waals surface area contributed by atoms with E-state index >= 15 is 0 Å². The summed E-state index contributed by atoms with van der Waals surface area (Å²) in [6.07, 6.45) is 0.222. The van der Waals surface area contributed by atoms with Crippen molar-refractivity contribution in [2.24, 2.45) is 0 Å². The maximum Gasteiger partial charge on any atom is 0.306 e. The van der Waals surface area contributed by atoms with Crippen LogP contribution < -0.4 is 5.32 Å². The summed E-state index contributed by atoms with van der Waals surface area (Å²) >= 11 is 0. The van der Waals surface area contributed by atoms with Crippen LogP contribution in [0.1, 0.15) is 25.3 Å². The number of carbonyl (C=O) groups excluding carboxylic acids is 2. The van der Waals surface area contributed by atoms with Crippen molar-refractivity contribution < 1.29 is 19.1 Å². The van der Waals surface area contributed by atoms with E-state index in [0.717, 1.165) is 5.56 Å². The molecule has 1 amide bonds. The number of rotatable bonds is 7. The quantitative estimate of drug-likeness (QED) is 0.767. The number of hydrogen-bond acceptors (Lipinski definition) is 4. The Labute approximate surface area is 112 Å². The first-order valence-corrected chi connectivity index (χ1v) is 6.19. The van der Waals surface area contributed by atoms with Gasteiger partial charge in [0.15, 0.2) is 0 Å². The Balaban J connectivity index is 2.37. The minimum Gasteiger partial charge on any atom is -0.466 e. The second kappa shape index (κ2) is 8.26. The van der Waals surface area contributed by atoms with Crippen molar-refractivity contribution in [2.45, 2.75) is 26.4 Å². The molecular weight excluding hydrogens is 246 g/mol. The van der Waals surface area contributed by atoms with Crippen molar-refractivity contribution in [1.29, 1.82) is 0 Å². The molecule has 5 heteroatoms. The fraction of sp³-hybridized carbons (Fsp3) is 0.429. The fourth-order valence-corrected chi connectivity index (χ4v) is 1.52. The highest BCUT2D eigenvalue weighted by Crippen LogP contribution is 2.11. The van der Waals surface area contributed by atoms with Crippen LogP contribution in [-0.4, -0.2) is 25.6 Å². The largest absolute Gasteiger partial charge is 0.466 e. The maximum atomic E-state index is 11.6. The molecule has 0 heterocycles. The van der Waals surface area contributed by atoms with Gasteiger partial charge in [-0.1, -0.05) is 12.1 Å². The van der Waals surface area contributed by atoms with Gasteiger partial charge in [-0.25, -0.2) is 0 Å². The van der Waals surface area contributed by atoms with Gasteiger partial charge < -0.3 is 14.8 Å². The van der Waals surface area contributed by atoms with Crippen molar-refractivity contribution in [2.75, 3.05) is 19.0 Å². The molecule has 0 fully saturated rings. The molecule has 1 aromatic rings. The summed E-state index contributed by atoms with van der Waals surface area (Å²) in [7, 11) is 1.63. The first-order valence-electron chi connectivity index (χ1n) is 6.19. The van der Waals surface area contributed by atoms with Gasteiger partial charge in [0.2, 0.25) is 5.91 Å². The van der Waals surface area contributed by atoms with Gasteiger partial charge in [0.1, 0.15) is 0 Å². The highest BCUT2D eigenvalue weighted by atomic mass is 16.5. The molecule has 1 N–H and O–H groups in total. The smallest absolute Gasteiger partial charge is 0.306 e. The monoisotopic (exact) mass is 265 g/mol. The number of amides is 1. The van der Waals surface area contributed by atoms with Gasteiger partial charge in [-0.05, 0) is 24.6 Å². The third-order valence-electron chi connectivity index (χ3n) is 2.41. The van der Waals surface area contributed by atoms with Crippen LogP contribution in [0.15, 0.2) is 24.3 Å². The lowest BCUT2D eigenvalue weighted by Gasteiger charge is -2.06. The summed E-state index contributed by atoms with van der Waals surface area (Å²) in [5.41, 5.74) is 1.74. The topological polar surface area (TPSA) is 64.6 Å². The van der Waals surface area contributed by atoms with Crippen LogP contribution >= 0.6 is 0 Å². The summed E-state index contributed by atoms with van der Waals surface area (Å²) in [5.74, 6) is -0.555. The third kappa shape index (κ3) is 6.01.